The summed E-state index contributed by atoms with van der Waals surface area (Å²) in [7, 11) is -3.98. The van der Waals surface area contributed by atoms with Crippen molar-refractivity contribution in [3.8, 4) is 0 Å². The summed E-state index contributed by atoms with van der Waals surface area (Å²) in [6, 6.07) is 14.5. The molecule has 0 saturated heterocycles. The van der Waals surface area contributed by atoms with Crippen LogP contribution in [0, 0.1) is 5.82 Å². The molecule has 0 spiro atoms. The van der Waals surface area contributed by atoms with Gasteiger partial charge in [0.15, 0.2) is 0 Å². The largest absolute Gasteiger partial charge is 0.324 e. The van der Waals surface area contributed by atoms with E-state index in [1.807, 2.05) is 0 Å². The second-order valence-electron chi connectivity index (χ2n) is 5.48. The number of carbonyl (C=O) groups is 1. The first-order valence-corrected chi connectivity index (χ1v) is 10.4. The minimum absolute atomic E-state index is 0.0855. The van der Waals surface area contributed by atoms with Crippen LogP contribution >= 0.6 is 22.9 Å². The van der Waals surface area contributed by atoms with Crippen LogP contribution in [0.25, 0.3) is 0 Å². The number of amides is 1. The molecule has 0 aliphatic carbocycles. The number of carbonyl (C=O) groups excluding carboxylic acids is 1. The lowest BCUT2D eigenvalue weighted by molar-refractivity contribution is -0.114. The number of nitrogens with one attached hydrogen (secondary N) is 1. The number of anilines is 2. The van der Waals surface area contributed by atoms with E-state index in [4.69, 9.17) is 11.6 Å². The summed E-state index contributed by atoms with van der Waals surface area (Å²) in [6.07, 6.45) is 0. The molecular formula is C18H14ClFN2O3S2. The molecule has 9 heteroatoms. The van der Waals surface area contributed by atoms with Gasteiger partial charge in [-0.2, -0.15) is 0 Å². The first-order chi connectivity index (χ1) is 12.9. The first kappa shape index (κ1) is 19.3. The van der Waals surface area contributed by atoms with Gasteiger partial charge in [0, 0.05) is 10.7 Å². The van der Waals surface area contributed by atoms with Crippen LogP contribution in [0.4, 0.5) is 15.8 Å². The van der Waals surface area contributed by atoms with E-state index in [0.717, 1.165) is 27.8 Å². The quantitative estimate of drug-likeness (QED) is 0.638. The molecule has 1 amide bonds. The van der Waals surface area contributed by atoms with E-state index in [9.17, 15) is 17.6 Å². The molecule has 1 heterocycles. The van der Waals surface area contributed by atoms with Crippen molar-refractivity contribution < 1.29 is 17.6 Å². The number of thiophene rings is 1. The second-order valence-corrected chi connectivity index (χ2v) is 8.95. The fraction of sp³-hybridized carbons (Fsp3) is 0.0556. The highest BCUT2D eigenvalue weighted by Gasteiger charge is 2.28. The lowest BCUT2D eigenvalue weighted by Gasteiger charge is -2.23. The Labute approximate surface area is 165 Å². The molecule has 0 fully saturated rings. The number of halogens is 2. The molecule has 2 aromatic carbocycles. The summed E-state index contributed by atoms with van der Waals surface area (Å²) in [5, 5.41) is 4.68. The molecule has 0 atom stereocenters. The van der Waals surface area contributed by atoms with E-state index in [1.165, 1.54) is 18.2 Å². The Balaban J connectivity index is 1.90. The molecule has 3 rings (SSSR count). The Morgan fingerprint density at radius 1 is 1.11 bits per heavy atom. The van der Waals surface area contributed by atoms with Gasteiger partial charge in [-0.1, -0.05) is 23.7 Å². The summed E-state index contributed by atoms with van der Waals surface area (Å²) >= 11 is 6.93. The smallest absolute Gasteiger partial charge is 0.274 e. The van der Waals surface area contributed by atoms with Crippen LogP contribution in [-0.4, -0.2) is 20.9 Å². The van der Waals surface area contributed by atoms with Gasteiger partial charge in [0.05, 0.1) is 5.69 Å². The van der Waals surface area contributed by atoms with Gasteiger partial charge < -0.3 is 5.32 Å². The first-order valence-electron chi connectivity index (χ1n) is 7.73. The molecule has 1 N–H and O–H groups in total. The standard InChI is InChI=1S/C18H14ClFN2O3S2/c19-13-3-1-4-15(11-13)21-17(23)12-22(16-8-6-14(20)7-9-16)27(24,25)18-5-2-10-26-18/h1-11H,12H2,(H,21,23). The molecular weight excluding hydrogens is 411 g/mol. The van der Waals surface area contributed by atoms with Crippen LogP contribution < -0.4 is 9.62 Å². The predicted molar refractivity (Wildman–Crippen MR) is 105 cm³/mol. The van der Waals surface area contributed by atoms with Crippen molar-refractivity contribution in [2.45, 2.75) is 4.21 Å². The molecule has 0 aliphatic rings. The van der Waals surface area contributed by atoms with Crippen molar-refractivity contribution in [2.75, 3.05) is 16.2 Å². The minimum atomic E-state index is -3.98. The lowest BCUT2D eigenvalue weighted by atomic mass is 10.3. The number of sulfonamides is 1. The van der Waals surface area contributed by atoms with Gasteiger partial charge in [0.1, 0.15) is 16.6 Å². The normalized spacial score (nSPS) is 11.2. The van der Waals surface area contributed by atoms with Gasteiger partial charge in [0.2, 0.25) is 5.91 Å². The zero-order valence-electron chi connectivity index (χ0n) is 13.8. The van der Waals surface area contributed by atoms with Crippen molar-refractivity contribution in [1.29, 1.82) is 0 Å². The molecule has 0 saturated carbocycles. The van der Waals surface area contributed by atoms with Crippen molar-refractivity contribution in [2.24, 2.45) is 0 Å². The van der Waals surface area contributed by atoms with Gasteiger partial charge in [-0.05, 0) is 53.9 Å². The average molecular weight is 425 g/mol. The van der Waals surface area contributed by atoms with Crippen molar-refractivity contribution in [1.82, 2.24) is 0 Å². The molecule has 0 radical (unpaired) electrons. The van der Waals surface area contributed by atoms with E-state index < -0.39 is 28.3 Å². The SMILES string of the molecule is O=C(CN(c1ccc(F)cc1)S(=O)(=O)c1cccs1)Nc1cccc(Cl)c1. The van der Waals surface area contributed by atoms with E-state index in [1.54, 1.807) is 35.7 Å². The van der Waals surface area contributed by atoms with Crippen LogP contribution in [0.3, 0.4) is 0 Å². The fourth-order valence-corrected chi connectivity index (χ4v) is 5.05. The molecule has 140 valence electrons. The third kappa shape index (κ3) is 4.65. The fourth-order valence-electron chi connectivity index (χ4n) is 2.34. The van der Waals surface area contributed by atoms with E-state index in [2.05, 4.69) is 5.32 Å². The minimum Gasteiger partial charge on any atom is -0.324 e. The van der Waals surface area contributed by atoms with Gasteiger partial charge in [-0.15, -0.1) is 11.3 Å². The summed E-state index contributed by atoms with van der Waals surface area (Å²) in [6.45, 7) is -0.474. The summed E-state index contributed by atoms with van der Waals surface area (Å²) in [5.41, 5.74) is 0.631. The predicted octanol–water partition coefficient (Wildman–Crippen LogP) is 4.37. The maximum absolute atomic E-state index is 13.3. The summed E-state index contributed by atoms with van der Waals surface area (Å²) < 4.78 is 40.2. The Morgan fingerprint density at radius 3 is 2.48 bits per heavy atom. The number of hydrogen-bond donors (Lipinski definition) is 1. The number of benzene rings is 2. The van der Waals surface area contributed by atoms with Gasteiger partial charge >= 0.3 is 0 Å². The summed E-state index contributed by atoms with van der Waals surface area (Å²) in [5.74, 6) is -1.06. The highest BCUT2D eigenvalue weighted by atomic mass is 35.5. The van der Waals surface area contributed by atoms with Crippen LogP contribution in [0.1, 0.15) is 0 Å². The zero-order valence-corrected chi connectivity index (χ0v) is 16.2. The van der Waals surface area contributed by atoms with Crippen molar-refractivity contribution >= 4 is 50.2 Å². The lowest BCUT2D eigenvalue weighted by Crippen LogP contribution is -2.37. The van der Waals surface area contributed by atoms with E-state index in [-0.39, 0.29) is 9.90 Å². The second kappa shape index (κ2) is 8.08. The third-order valence-electron chi connectivity index (χ3n) is 3.55. The molecule has 0 unspecified atom stereocenters. The highest BCUT2D eigenvalue weighted by molar-refractivity contribution is 7.94. The topological polar surface area (TPSA) is 66.5 Å². The molecule has 0 bridgehead atoms. The van der Waals surface area contributed by atoms with Crippen LogP contribution in [0.2, 0.25) is 5.02 Å². The van der Waals surface area contributed by atoms with Crippen molar-refractivity contribution in [3.63, 3.8) is 0 Å². The molecule has 3 aromatic rings. The Hall–Kier alpha value is -2.42. The van der Waals surface area contributed by atoms with Crippen LogP contribution in [0.15, 0.2) is 70.3 Å². The molecule has 5 nitrogen and oxygen atoms in total. The van der Waals surface area contributed by atoms with E-state index in [0.29, 0.717) is 10.7 Å². The Kier molecular flexibility index (Phi) is 5.79. The summed E-state index contributed by atoms with van der Waals surface area (Å²) in [4.78, 5) is 12.5. The Bertz CT molecular complexity index is 1040. The third-order valence-corrected chi connectivity index (χ3v) is 6.93. The van der Waals surface area contributed by atoms with E-state index >= 15 is 0 Å². The maximum Gasteiger partial charge on any atom is 0.274 e. The highest BCUT2D eigenvalue weighted by Crippen LogP contribution is 2.27. The molecule has 1 aromatic heterocycles. The molecule has 0 aliphatic heterocycles. The number of rotatable bonds is 6. The zero-order chi connectivity index (χ0) is 19.4. The number of nitrogens with zero attached hydrogens (tertiary/aromatic N) is 1. The Morgan fingerprint density at radius 2 is 1.85 bits per heavy atom. The number of hydrogen-bond acceptors (Lipinski definition) is 4. The monoisotopic (exact) mass is 424 g/mol. The maximum atomic E-state index is 13.3. The molecule has 27 heavy (non-hydrogen) atoms. The van der Waals surface area contributed by atoms with Crippen molar-refractivity contribution in [3.05, 3.63) is 76.9 Å². The van der Waals surface area contributed by atoms with Crippen LogP contribution in [-0.2, 0) is 14.8 Å². The van der Waals surface area contributed by atoms with Crippen LogP contribution in [0.5, 0.6) is 0 Å². The average Bonchev–Trinajstić information content (AvgIpc) is 3.16. The van der Waals surface area contributed by atoms with Gasteiger partial charge in [-0.25, -0.2) is 12.8 Å². The van der Waals surface area contributed by atoms with Gasteiger partial charge in [-0.3, -0.25) is 9.10 Å². The van der Waals surface area contributed by atoms with Gasteiger partial charge in [0.25, 0.3) is 10.0 Å².